The minimum absolute atomic E-state index is 0. The Morgan fingerprint density at radius 2 is 1.72 bits per heavy atom. The molecule has 0 fully saturated rings. The summed E-state index contributed by atoms with van der Waals surface area (Å²) < 4.78 is 54.8. The van der Waals surface area contributed by atoms with Crippen LogP contribution in [0.5, 0.6) is 0 Å². The second kappa shape index (κ2) is 8.20. The first-order chi connectivity index (χ1) is 8.00. The zero-order valence-electron chi connectivity index (χ0n) is 9.27. The molecule has 1 aromatic rings. The SMILES string of the molecule is O.O=S(OCCOCc1ccccc1)C(F)(F)F. The molecule has 0 saturated heterocycles. The molecular weight excluding hydrogens is 273 g/mol. The number of hydrogen-bond donors (Lipinski definition) is 0. The van der Waals surface area contributed by atoms with Gasteiger partial charge in [0, 0.05) is 0 Å². The van der Waals surface area contributed by atoms with E-state index >= 15 is 0 Å². The van der Waals surface area contributed by atoms with Crippen molar-refractivity contribution in [1.29, 1.82) is 0 Å². The number of benzene rings is 1. The molecule has 8 heteroatoms. The highest BCUT2D eigenvalue weighted by molar-refractivity contribution is 7.81. The Kier molecular flexibility index (Phi) is 7.76. The van der Waals surface area contributed by atoms with Gasteiger partial charge in [-0.2, -0.15) is 13.2 Å². The van der Waals surface area contributed by atoms with Crippen LogP contribution in [0.3, 0.4) is 0 Å². The van der Waals surface area contributed by atoms with Crippen LogP contribution in [-0.2, 0) is 26.6 Å². The zero-order chi connectivity index (χ0) is 12.7. The highest BCUT2D eigenvalue weighted by Crippen LogP contribution is 2.20. The van der Waals surface area contributed by atoms with Crippen LogP contribution in [0.1, 0.15) is 5.56 Å². The van der Waals surface area contributed by atoms with Crippen molar-refractivity contribution in [3.63, 3.8) is 0 Å². The van der Waals surface area contributed by atoms with E-state index in [4.69, 9.17) is 4.74 Å². The molecule has 0 aliphatic carbocycles. The second-order valence-electron chi connectivity index (χ2n) is 3.04. The van der Waals surface area contributed by atoms with Crippen LogP contribution in [0.15, 0.2) is 30.3 Å². The standard InChI is InChI=1S/C10H11F3O3S.H2O/c11-10(12,13)17(14)16-7-6-15-8-9-4-2-1-3-5-9;/h1-5H,6-8H2;1H2. The summed E-state index contributed by atoms with van der Waals surface area (Å²) in [5.74, 6) is 0. The van der Waals surface area contributed by atoms with E-state index in [-0.39, 0.29) is 25.3 Å². The van der Waals surface area contributed by atoms with Crippen molar-refractivity contribution >= 4 is 11.1 Å². The normalized spacial score (nSPS) is 12.8. The van der Waals surface area contributed by atoms with Crippen molar-refractivity contribution in [2.24, 2.45) is 0 Å². The Morgan fingerprint density at radius 1 is 1.11 bits per heavy atom. The predicted molar refractivity (Wildman–Crippen MR) is 59.9 cm³/mol. The van der Waals surface area contributed by atoms with Crippen molar-refractivity contribution in [3.8, 4) is 0 Å². The van der Waals surface area contributed by atoms with Gasteiger partial charge in [-0.05, 0) is 5.56 Å². The van der Waals surface area contributed by atoms with E-state index in [0.29, 0.717) is 0 Å². The first-order valence-corrected chi connectivity index (χ1v) is 5.81. The summed E-state index contributed by atoms with van der Waals surface area (Å²) in [6.07, 6.45) is 0. The van der Waals surface area contributed by atoms with Gasteiger partial charge in [-0.3, -0.25) is 4.18 Å². The number of rotatable bonds is 6. The quantitative estimate of drug-likeness (QED) is 0.746. The van der Waals surface area contributed by atoms with Crippen molar-refractivity contribution in [3.05, 3.63) is 35.9 Å². The molecule has 18 heavy (non-hydrogen) atoms. The number of halogens is 3. The smallest absolute Gasteiger partial charge is 0.412 e. The van der Waals surface area contributed by atoms with Gasteiger partial charge in [-0.15, -0.1) is 0 Å². The Labute approximate surface area is 105 Å². The highest BCUT2D eigenvalue weighted by Gasteiger charge is 2.38. The summed E-state index contributed by atoms with van der Waals surface area (Å²) >= 11 is -3.27. The van der Waals surface area contributed by atoms with Crippen LogP contribution < -0.4 is 0 Å². The molecule has 0 saturated carbocycles. The van der Waals surface area contributed by atoms with Crippen molar-refractivity contribution in [2.75, 3.05) is 13.2 Å². The molecule has 1 aromatic carbocycles. The van der Waals surface area contributed by atoms with Crippen molar-refractivity contribution in [2.45, 2.75) is 12.1 Å². The van der Waals surface area contributed by atoms with Gasteiger partial charge in [0.2, 0.25) is 0 Å². The minimum atomic E-state index is -4.83. The zero-order valence-corrected chi connectivity index (χ0v) is 10.1. The Bertz CT molecular complexity index is 356. The maximum Gasteiger partial charge on any atom is 0.497 e. The van der Waals surface area contributed by atoms with Gasteiger partial charge in [0.25, 0.3) is 11.1 Å². The summed E-state index contributed by atoms with van der Waals surface area (Å²) in [4.78, 5) is 0. The molecule has 0 spiro atoms. The Balaban J connectivity index is 0.00000289. The summed E-state index contributed by atoms with van der Waals surface area (Å²) in [6, 6.07) is 9.16. The van der Waals surface area contributed by atoms with Crippen molar-refractivity contribution < 1.29 is 31.8 Å². The molecular formula is C10H13F3O4S. The molecule has 0 radical (unpaired) electrons. The summed E-state index contributed by atoms with van der Waals surface area (Å²) in [7, 11) is 0. The monoisotopic (exact) mass is 286 g/mol. The summed E-state index contributed by atoms with van der Waals surface area (Å²) in [5, 5.41) is 0. The predicted octanol–water partition coefficient (Wildman–Crippen LogP) is 1.58. The number of hydrogen-bond acceptors (Lipinski definition) is 3. The van der Waals surface area contributed by atoms with Crippen LogP contribution >= 0.6 is 0 Å². The number of alkyl halides is 3. The maximum absolute atomic E-state index is 11.8. The first-order valence-electron chi connectivity index (χ1n) is 4.73. The van der Waals surface area contributed by atoms with E-state index in [1.165, 1.54) is 0 Å². The lowest BCUT2D eigenvalue weighted by Crippen LogP contribution is -2.20. The largest absolute Gasteiger partial charge is 0.497 e. The van der Waals surface area contributed by atoms with Crippen LogP contribution in [0.2, 0.25) is 0 Å². The maximum atomic E-state index is 11.8. The molecule has 0 amide bonds. The fraction of sp³-hybridized carbons (Fsp3) is 0.400. The fourth-order valence-electron chi connectivity index (χ4n) is 1.000. The molecule has 1 atom stereocenters. The van der Waals surface area contributed by atoms with E-state index in [9.17, 15) is 17.4 Å². The third-order valence-electron chi connectivity index (χ3n) is 1.72. The van der Waals surface area contributed by atoms with Crippen LogP contribution in [0, 0.1) is 0 Å². The molecule has 0 aromatic heterocycles. The lowest BCUT2D eigenvalue weighted by molar-refractivity contribution is -0.0485. The van der Waals surface area contributed by atoms with Gasteiger partial charge >= 0.3 is 5.51 Å². The lowest BCUT2D eigenvalue weighted by Gasteiger charge is -2.07. The lowest BCUT2D eigenvalue weighted by atomic mass is 10.2. The molecule has 0 heterocycles. The molecule has 1 rings (SSSR count). The van der Waals surface area contributed by atoms with E-state index in [1.54, 1.807) is 0 Å². The summed E-state index contributed by atoms with van der Waals surface area (Å²) in [6.45, 7) is -0.126. The topological polar surface area (TPSA) is 67.0 Å². The Morgan fingerprint density at radius 3 is 2.28 bits per heavy atom. The molecule has 104 valence electrons. The summed E-state index contributed by atoms with van der Waals surface area (Å²) in [5.41, 5.74) is -3.93. The number of ether oxygens (including phenoxy) is 1. The van der Waals surface area contributed by atoms with Gasteiger partial charge < -0.3 is 10.2 Å². The van der Waals surface area contributed by atoms with Crippen LogP contribution in [0.25, 0.3) is 0 Å². The fourth-order valence-corrected chi connectivity index (χ4v) is 1.35. The third-order valence-corrected chi connectivity index (χ3v) is 2.48. The molecule has 2 N–H and O–H groups in total. The molecule has 0 bridgehead atoms. The van der Waals surface area contributed by atoms with Crippen molar-refractivity contribution in [1.82, 2.24) is 0 Å². The van der Waals surface area contributed by atoms with Gasteiger partial charge in [0.05, 0.1) is 19.8 Å². The Hall–Kier alpha value is -0.960. The van der Waals surface area contributed by atoms with Gasteiger partial charge in [-0.25, -0.2) is 4.21 Å². The highest BCUT2D eigenvalue weighted by atomic mass is 32.2. The first kappa shape index (κ1) is 17.0. The molecule has 4 nitrogen and oxygen atoms in total. The van der Waals surface area contributed by atoms with E-state index < -0.39 is 16.6 Å². The average molecular weight is 286 g/mol. The van der Waals surface area contributed by atoms with E-state index in [1.807, 2.05) is 30.3 Å². The van der Waals surface area contributed by atoms with Crippen LogP contribution in [0.4, 0.5) is 13.2 Å². The molecule has 0 aliphatic heterocycles. The van der Waals surface area contributed by atoms with Crippen LogP contribution in [-0.4, -0.2) is 28.4 Å². The molecule has 0 aliphatic rings. The van der Waals surface area contributed by atoms with Gasteiger partial charge in [-0.1, -0.05) is 30.3 Å². The van der Waals surface area contributed by atoms with Gasteiger partial charge in [0.15, 0.2) is 0 Å². The van der Waals surface area contributed by atoms with Gasteiger partial charge in [0.1, 0.15) is 0 Å². The second-order valence-corrected chi connectivity index (χ2v) is 4.21. The molecule has 1 unspecified atom stereocenters. The van der Waals surface area contributed by atoms with E-state index in [0.717, 1.165) is 5.56 Å². The average Bonchev–Trinajstić information content (AvgIpc) is 2.28. The van der Waals surface area contributed by atoms with E-state index in [2.05, 4.69) is 4.18 Å². The third kappa shape index (κ3) is 6.70. The minimum Gasteiger partial charge on any atom is -0.412 e.